The highest BCUT2D eigenvalue weighted by atomic mass is 35.5. The Morgan fingerprint density at radius 2 is 1.55 bits per heavy atom. The van der Waals surface area contributed by atoms with Crippen molar-refractivity contribution in [3.8, 4) is 11.5 Å². The number of nitrogens with zero attached hydrogens (tertiary/aromatic N) is 1. The SMILES string of the molecule is CCC(C)[C@H](NC(=O)[C@H](Cc1ccc(O)cc1)NC(=O)[C@@H]1CSSC[C@H](C)C(=O)N2C[C@H](O)C[C@H]2C(=O)N[C@@H](Cc2ccc(O)c(Cl)c2)C(=O)NCC(=O)N[C@@H](CC(C)C)C(=O)N1)C(C)=O. The molecule has 0 spiro atoms. The fourth-order valence-corrected chi connectivity index (χ4v) is 10.2. The molecule has 2 fully saturated rings. The topological polar surface area (TPSA) is 273 Å². The summed E-state index contributed by atoms with van der Waals surface area (Å²) in [5.41, 5.74) is 1.03. The van der Waals surface area contributed by atoms with Gasteiger partial charge in [0.2, 0.25) is 41.4 Å². The van der Waals surface area contributed by atoms with Crippen molar-refractivity contribution < 1.29 is 53.7 Å². The van der Waals surface area contributed by atoms with Gasteiger partial charge in [-0.2, -0.15) is 0 Å². The maximum absolute atomic E-state index is 14.3. The van der Waals surface area contributed by atoms with Crippen LogP contribution in [0.25, 0.3) is 0 Å². The minimum Gasteiger partial charge on any atom is -0.508 e. The molecule has 2 heterocycles. The lowest BCUT2D eigenvalue weighted by Gasteiger charge is -2.29. The number of benzene rings is 2. The van der Waals surface area contributed by atoms with Gasteiger partial charge in [0.05, 0.1) is 23.7 Å². The molecule has 9 N–H and O–H groups in total. The molecular weight excluding hydrogens is 914 g/mol. The molecule has 2 saturated heterocycles. The number of carbonyl (C=O) groups is 8. The predicted molar refractivity (Wildman–Crippen MR) is 251 cm³/mol. The van der Waals surface area contributed by atoms with Crippen molar-refractivity contribution in [1.82, 2.24) is 36.8 Å². The first-order valence-electron chi connectivity index (χ1n) is 21.9. The van der Waals surface area contributed by atoms with Gasteiger partial charge in [0.25, 0.3) is 0 Å². The molecule has 2 aliphatic rings. The summed E-state index contributed by atoms with van der Waals surface area (Å²) in [6.45, 7) is 9.60. The third kappa shape index (κ3) is 15.8. The normalized spacial score (nSPS) is 24.1. The second-order valence-corrected chi connectivity index (χ2v) is 20.3. The zero-order valence-corrected chi connectivity index (χ0v) is 40.3. The molecule has 0 saturated carbocycles. The number of phenolic OH excluding ortho intramolecular Hbond substituents is 2. The average Bonchev–Trinajstić information content (AvgIpc) is 3.66. The van der Waals surface area contributed by atoms with Crippen molar-refractivity contribution in [2.45, 2.75) is 116 Å². The first-order chi connectivity index (χ1) is 31.2. The highest BCUT2D eigenvalue weighted by Crippen LogP contribution is 2.29. The standard InChI is InChI=1S/C45H62ClN7O11S2/c1-7-24(4)39(26(6)54)52-42(61)34(16-27-8-11-29(55)12-9-27)49-43(62)35-22-66-65-21-25(5)45(64)53-20-30(56)18-36(53)44(63)50-33(17-28-10-13-37(57)31(46)15-28)40(59)47-19-38(58)48-32(14-23(2)3)41(60)51-35/h8-13,15,23-25,30,32-36,39,55-57H,7,14,16-22H2,1-6H3,(H,47,59)(H,48,58)(H,49,62)(H,50,63)(H,51,60)(H,52,61)/t24?,25-,30+,32-,33-,34-,35-,36-,39-/m0/s1. The zero-order chi connectivity index (χ0) is 48.8. The van der Waals surface area contributed by atoms with Crippen LogP contribution in [0, 0.1) is 17.8 Å². The maximum Gasteiger partial charge on any atom is 0.244 e. The Hall–Kier alpha value is -5.05. The van der Waals surface area contributed by atoms with E-state index in [-0.39, 0.29) is 77.9 Å². The van der Waals surface area contributed by atoms with Crippen LogP contribution >= 0.6 is 33.2 Å². The molecule has 9 atom stereocenters. The third-order valence-corrected chi connectivity index (χ3v) is 14.3. The van der Waals surface area contributed by atoms with E-state index in [4.69, 9.17) is 11.6 Å². The quantitative estimate of drug-likeness (QED) is 0.130. The van der Waals surface area contributed by atoms with Crippen LogP contribution in [-0.4, -0.2) is 134 Å². The first kappa shape index (κ1) is 53.6. The predicted octanol–water partition coefficient (Wildman–Crippen LogP) is 1.75. The van der Waals surface area contributed by atoms with Crippen LogP contribution in [0.15, 0.2) is 42.5 Å². The van der Waals surface area contributed by atoms with Gasteiger partial charge >= 0.3 is 0 Å². The van der Waals surface area contributed by atoms with E-state index in [9.17, 15) is 53.7 Å². The molecule has 0 aromatic heterocycles. The fourth-order valence-electron chi connectivity index (χ4n) is 7.49. The molecule has 66 heavy (non-hydrogen) atoms. The summed E-state index contributed by atoms with van der Waals surface area (Å²) in [4.78, 5) is 111. The van der Waals surface area contributed by atoms with Crippen molar-refractivity contribution in [3.63, 3.8) is 0 Å². The first-order valence-corrected chi connectivity index (χ1v) is 24.8. The number of hydrogen-bond acceptors (Lipinski definition) is 13. The summed E-state index contributed by atoms with van der Waals surface area (Å²) in [6.07, 6.45) is -0.602. The lowest BCUT2D eigenvalue weighted by molar-refractivity contribution is -0.141. The van der Waals surface area contributed by atoms with Crippen molar-refractivity contribution in [3.05, 3.63) is 58.6 Å². The molecule has 2 aromatic carbocycles. The average molecular weight is 977 g/mol. The van der Waals surface area contributed by atoms with Gasteiger partial charge < -0.3 is 52.1 Å². The maximum atomic E-state index is 14.3. The number of phenols is 2. The number of ketones is 1. The van der Waals surface area contributed by atoms with Gasteiger partial charge in [-0.15, -0.1) is 0 Å². The van der Waals surface area contributed by atoms with E-state index < -0.39 is 96.2 Å². The number of hydrogen-bond donors (Lipinski definition) is 9. The number of nitrogens with one attached hydrogen (secondary N) is 6. The minimum absolute atomic E-state index is 0.000283. The van der Waals surface area contributed by atoms with Crippen molar-refractivity contribution in [1.29, 1.82) is 0 Å². The van der Waals surface area contributed by atoms with E-state index in [0.717, 1.165) is 10.8 Å². The summed E-state index contributed by atoms with van der Waals surface area (Å²) in [6, 6.07) is 3.24. The van der Waals surface area contributed by atoms with Gasteiger partial charge in [0.1, 0.15) is 41.7 Å². The van der Waals surface area contributed by atoms with E-state index in [0.29, 0.717) is 17.5 Å². The van der Waals surface area contributed by atoms with Crippen molar-refractivity contribution in [2.24, 2.45) is 17.8 Å². The Balaban J connectivity index is 1.66. The summed E-state index contributed by atoms with van der Waals surface area (Å²) in [5, 5.41) is 46.6. The van der Waals surface area contributed by atoms with Crippen LogP contribution in [0.2, 0.25) is 5.02 Å². The van der Waals surface area contributed by atoms with Crippen molar-refractivity contribution in [2.75, 3.05) is 24.6 Å². The molecule has 18 nitrogen and oxygen atoms in total. The lowest BCUT2D eigenvalue weighted by atomic mass is 9.95. The Bertz CT molecular complexity index is 2080. The van der Waals surface area contributed by atoms with E-state index >= 15 is 0 Å². The lowest BCUT2D eigenvalue weighted by Crippen LogP contribution is -2.59. The summed E-state index contributed by atoms with van der Waals surface area (Å²) in [5.74, 6) is -6.28. The Morgan fingerprint density at radius 3 is 2.18 bits per heavy atom. The summed E-state index contributed by atoms with van der Waals surface area (Å²) in [7, 11) is 2.38. The van der Waals surface area contributed by atoms with Gasteiger partial charge in [0, 0.05) is 43.2 Å². The van der Waals surface area contributed by atoms with E-state index in [1.807, 2.05) is 27.7 Å². The number of aliphatic hydroxyl groups excluding tert-OH is 1. The second-order valence-electron chi connectivity index (χ2n) is 17.4. The van der Waals surface area contributed by atoms with Gasteiger partial charge in [-0.3, -0.25) is 38.4 Å². The molecule has 1 unspecified atom stereocenters. The zero-order valence-electron chi connectivity index (χ0n) is 37.9. The highest BCUT2D eigenvalue weighted by molar-refractivity contribution is 8.76. The Kier molecular flexibility index (Phi) is 20.4. The fraction of sp³-hybridized carbons (Fsp3) is 0.556. The largest absolute Gasteiger partial charge is 0.508 e. The number of rotatable bonds is 13. The van der Waals surface area contributed by atoms with Crippen LogP contribution in [0.3, 0.4) is 0 Å². The molecule has 362 valence electrons. The van der Waals surface area contributed by atoms with Crippen LogP contribution in [0.1, 0.15) is 71.9 Å². The molecule has 0 radical (unpaired) electrons. The van der Waals surface area contributed by atoms with Gasteiger partial charge in [-0.1, -0.05) is 92.4 Å². The number of aromatic hydroxyl groups is 2. The van der Waals surface area contributed by atoms with Crippen LogP contribution in [-0.2, 0) is 51.2 Å². The molecule has 7 amide bonds. The number of amides is 7. The highest BCUT2D eigenvalue weighted by Gasteiger charge is 2.42. The molecule has 4 rings (SSSR count). The number of carbonyl (C=O) groups excluding carboxylic acids is 8. The Morgan fingerprint density at radius 1 is 0.879 bits per heavy atom. The smallest absolute Gasteiger partial charge is 0.244 e. The number of halogens is 1. The molecule has 0 aliphatic carbocycles. The summed E-state index contributed by atoms with van der Waals surface area (Å²) >= 11 is 6.13. The molecular formula is C45H62ClN7O11S2. The van der Waals surface area contributed by atoms with Crippen molar-refractivity contribution >= 4 is 80.3 Å². The van der Waals surface area contributed by atoms with Crippen LogP contribution in [0.4, 0.5) is 0 Å². The van der Waals surface area contributed by atoms with E-state index in [2.05, 4.69) is 31.9 Å². The van der Waals surface area contributed by atoms with Gasteiger partial charge in [-0.25, -0.2) is 0 Å². The number of fused-ring (bicyclic) bond motifs is 1. The summed E-state index contributed by atoms with van der Waals surface area (Å²) < 4.78 is 0. The number of aliphatic hydroxyl groups is 1. The molecule has 21 heteroatoms. The number of Topliss-reactive ketones (excluding diaryl/α,β-unsaturated/α-hetero) is 1. The molecule has 2 aliphatic heterocycles. The van der Waals surface area contributed by atoms with Crippen LogP contribution in [0.5, 0.6) is 11.5 Å². The second kappa shape index (κ2) is 25.2. The molecule has 2 aromatic rings. The van der Waals surface area contributed by atoms with E-state index in [1.54, 1.807) is 19.1 Å². The van der Waals surface area contributed by atoms with Gasteiger partial charge in [-0.05, 0) is 60.6 Å². The van der Waals surface area contributed by atoms with Gasteiger partial charge in [0.15, 0.2) is 5.78 Å². The van der Waals surface area contributed by atoms with E-state index in [1.165, 1.54) is 52.9 Å². The Labute approximate surface area is 397 Å². The molecule has 0 bridgehead atoms. The minimum atomic E-state index is -1.31. The van der Waals surface area contributed by atoms with Crippen LogP contribution < -0.4 is 31.9 Å². The third-order valence-electron chi connectivity index (χ3n) is 11.4. The monoisotopic (exact) mass is 975 g/mol.